The first kappa shape index (κ1) is 28.8. The Morgan fingerprint density at radius 3 is 2.08 bits per heavy atom. The molecule has 3 aromatic carbocycles. The van der Waals surface area contributed by atoms with Crippen molar-refractivity contribution in [3.05, 3.63) is 102 Å². The summed E-state index contributed by atoms with van der Waals surface area (Å²) in [4.78, 5) is 28.4. The summed E-state index contributed by atoms with van der Waals surface area (Å²) in [7, 11) is -3.98. The van der Waals surface area contributed by atoms with Gasteiger partial charge in [0.1, 0.15) is 24.2 Å². The topological polar surface area (TPSA) is 86.8 Å². The highest BCUT2D eigenvalue weighted by Gasteiger charge is 2.33. The third-order valence-electron chi connectivity index (χ3n) is 5.79. The van der Waals surface area contributed by atoms with Crippen molar-refractivity contribution >= 4 is 27.5 Å². The first-order valence-corrected chi connectivity index (χ1v) is 13.9. The molecule has 2 amide bonds. The minimum Gasteiger partial charge on any atom is -0.352 e. The highest BCUT2D eigenvalue weighted by Crippen LogP contribution is 2.21. The van der Waals surface area contributed by atoms with Gasteiger partial charge in [-0.05, 0) is 49.7 Å². The van der Waals surface area contributed by atoms with Crippen LogP contribution in [0.25, 0.3) is 0 Å². The number of amides is 2. The second-order valence-electron chi connectivity index (χ2n) is 9.23. The predicted octanol–water partition coefficient (Wildman–Crippen LogP) is 3.90. The average molecular weight is 544 g/mol. The van der Waals surface area contributed by atoms with Crippen molar-refractivity contribution in [2.75, 3.05) is 17.1 Å². The number of carbonyl (C=O) groups excluding carboxylic acids is 2. The van der Waals surface area contributed by atoms with Crippen molar-refractivity contribution in [1.82, 2.24) is 10.2 Å². The van der Waals surface area contributed by atoms with E-state index in [1.54, 1.807) is 32.0 Å². The van der Waals surface area contributed by atoms with Crippen molar-refractivity contribution in [2.45, 2.75) is 38.9 Å². The summed E-state index contributed by atoms with van der Waals surface area (Å²) in [6.45, 7) is 2.62. The number of sulfonamides is 1. The summed E-state index contributed by atoms with van der Waals surface area (Å²) in [5, 5.41) is 2.82. The monoisotopic (exact) mass is 543 g/mol. The van der Waals surface area contributed by atoms with Crippen LogP contribution in [0, 0.1) is 11.6 Å². The van der Waals surface area contributed by atoms with Gasteiger partial charge in [-0.2, -0.15) is 0 Å². The van der Waals surface area contributed by atoms with Crippen LogP contribution in [0.1, 0.15) is 25.0 Å². The summed E-state index contributed by atoms with van der Waals surface area (Å²) in [6, 6.07) is 18.3. The summed E-state index contributed by atoms with van der Waals surface area (Å²) < 4.78 is 54.3. The van der Waals surface area contributed by atoms with Crippen molar-refractivity contribution in [2.24, 2.45) is 0 Å². The van der Waals surface area contributed by atoms with Crippen LogP contribution in [0.2, 0.25) is 0 Å². The molecule has 0 saturated carbocycles. The van der Waals surface area contributed by atoms with E-state index in [4.69, 9.17) is 0 Å². The Morgan fingerprint density at radius 1 is 0.895 bits per heavy atom. The lowest BCUT2D eigenvalue weighted by Crippen LogP contribution is -2.54. The maximum Gasteiger partial charge on any atom is 0.244 e. The Kier molecular flexibility index (Phi) is 9.57. The molecule has 202 valence electrons. The zero-order valence-electron chi connectivity index (χ0n) is 21.5. The van der Waals surface area contributed by atoms with E-state index >= 15 is 0 Å². The molecule has 0 saturated heterocycles. The van der Waals surface area contributed by atoms with Gasteiger partial charge in [0, 0.05) is 24.6 Å². The largest absolute Gasteiger partial charge is 0.352 e. The van der Waals surface area contributed by atoms with Crippen molar-refractivity contribution in [3.8, 4) is 0 Å². The molecule has 0 fully saturated rings. The highest BCUT2D eigenvalue weighted by molar-refractivity contribution is 7.92. The van der Waals surface area contributed by atoms with Gasteiger partial charge in [0.15, 0.2) is 0 Å². The quantitative estimate of drug-likeness (QED) is 0.398. The van der Waals surface area contributed by atoms with Crippen LogP contribution >= 0.6 is 0 Å². The third kappa shape index (κ3) is 7.85. The van der Waals surface area contributed by atoms with Crippen molar-refractivity contribution < 1.29 is 26.8 Å². The number of anilines is 1. The zero-order valence-corrected chi connectivity index (χ0v) is 22.3. The van der Waals surface area contributed by atoms with E-state index in [1.807, 2.05) is 18.2 Å². The highest BCUT2D eigenvalue weighted by atomic mass is 32.2. The molecule has 0 aromatic heterocycles. The van der Waals surface area contributed by atoms with Gasteiger partial charge in [-0.25, -0.2) is 17.2 Å². The van der Waals surface area contributed by atoms with E-state index in [2.05, 4.69) is 5.32 Å². The fourth-order valence-corrected chi connectivity index (χ4v) is 4.82. The SMILES string of the molecule is CC(C)NC(=O)[C@H](Cc1ccccc1)N(Cc1ccccc1F)C(=O)CN(c1ccc(F)cc1)S(C)(=O)=O. The minimum absolute atomic E-state index is 0.0827. The van der Waals surface area contributed by atoms with E-state index in [1.165, 1.54) is 35.2 Å². The Bertz CT molecular complexity index is 1350. The fourth-order valence-electron chi connectivity index (χ4n) is 3.97. The first-order chi connectivity index (χ1) is 18.0. The first-order valence-electron chi connectivity index (χ1n) is 12.1. The van der Waals surface area contributed by atoms with Gasteiger partial charge in [0.05, 0.1) is 11.9 Å². The van der Waals surface area contributed by atoms with E-state index in [0.717, 1.165) is 28.3 Å². The second-order valence-corrected chi connectivity index (χ2v) is 11.1. The molecule has 0 aliphatic carbocycles. The Balaban J connectivity index is 2.06. The van der Waals surface area contributed by atoms with Gasteiger partial charge in [-0.1, -0.05) is 48.5 Å². The molecule has 1 N–H and O–H groups in total. The summed E-state index contributed by atoms with van der Waals surface area (Å²) in [5.74, 6) is -2.31. The van der Waals surface area contributed by atoms with E-state index in [0.29, 0.717) is 0 Å². The molecule has 1 atom stereocenters. The molecule has 0 radical (unpaired) electrons. The van der Waals surface area contributed by atoms with Crippen LogP contribution in [-0.2, 0) is 32.6 Å². The maximum absolute atomic E-state index is 14.7. The Hall–Kier alpha value is -3.79. The van der Waals surface area contributed by atoms with E-state index < -0.39 is 46.1 Å². The minimum atomic E-state index is -3.98. The number of hydrogen-bond donors (Lipinski definition) is 1. The van der Waals surface area contributed by atoms with E-state index in [9.17, 15) is 26.8 Å². The number of nitrogens with one attached hydrogen (secondary N) is 1. The summed E-state index contributed by atoms with van der Waals surface area (Å²) >= 11 is 0. The normalized spacial score (nSPS) is 12.2. The molecular weight excluding hydrogens is 512 g/mol. The Morgan fingerprint density at radius 2 is 1.50 bits per heavy atom. The summed E-state index contributed by atoms with van der Waals surface area (Å²) in [5.41, 5.74) is 1.02. The lowest BCUT2D eigenvalue weighted by Gasteiger charge is -2.34. The van der Waals surface area contributed by atoms with Gasteiger partial charge in [-0.3, -0.25) is 13.9 Å². The second kappa shape index (κ2) is 12.6. The molecule has 3 aromatic rings. The molecule has 0 unspecified atom stereocenters. The standard InChI is InChI=1S/C28H31F2N3O4S/c1-20(2)31-28(35)26(17-21-9-5-4-6-10-21)32(18-22-11-7-8-12-25(22)30)27(34)19-33(38(3,36)37)24-15-13-23(29)14-16-24/h4-16,20,26H,17-19H2,1-3H3,(H,31,35)/t26-/m0/s1. The Labute approximate surface area is 222 Å². The number of benzene rings is 3. The predicted molar refractivity (Wildman–Crippen MR) is 143 cm³/mol. The molecule has 0 heterocycles. The number of rotatable bonds is 11. The van der Waals surface area contributed by atoms with Crippen LogP contribution < -0.4 is 9.62 Å². The number of nitrogens with zero attached hydrogens (tertiary/aromatic N) is 2. The lowest BCUT2D eigenvalue weighted by molar-refractivity contribution is -0.140. The van der Waals surface area contributed by atoms with Crippen LogP contribution in [0.5, 0.6) is 0 Å². The molecule has 0 spiro atoms. The molecule has 38 heavy (non-hydrogen) atoms. The molecule has 0 bridgehead atoms. The molecule has 0 aliphatic rings. The van der Waals surface area contributed by atoms with Gasteiger partial charge in [0.25, 0.3) is 0 Å². The molecular formula is C28H31F2N3O4S. The molecule has 3 rings (SSSR count). The van der Waals surface area contributed by atoms with Crippen molar-refractivity contribution in [3.63, 3.8) is 0 Å². The van der Waals surface area contributed by atoms with Gasteiger partial charge in [0.2, 0.25) is 21.8 Å². The number of hydrogen-bond acceptors (Lipinski definition) is 4. The van der Waals surface area contributed by atoms with Gasteiger partial charge >= 0.3 is 0 Å². The van der Waals surface area contributed by atoms with Crippen LogP contribution in [-0.4, -0.2) is 50.0 Å². The number of halogens is 2. The van der Waals surface area contributed by atoms with E-state index in [-0.39, 0.29) is 30.3 Å². The average Bonchev–Trinajstić information content (AvgIpc) is 2.85. The van der Waals surface area contributed by atoms with Crippen molar-refractivity contribution in [1.29, 1.82) is 0 Å². The van der Waals surface area contributed by atoms with Crippen LogP contribution in [0.3, 0.4) is 0 Å². The third-order valence-corrected chi connectivity index (χ3v) is 6.93. The maximum atomic E-state index is 14.7. The lowest BCUT2D eigenvalue weighted by atomic mass is 10.0. The molecule has 7 nitrogen and oxygen atoms in total. The smallest absolute Gasteiger partial charge is 0.244 e. The summed E-state index contributed by atoms with van der Waals surface area (Å²) in [6.07, 6.45) is 1.05. The van der Waals surface area contributed by atoms with Crippen LogP contribution in [0.4, 0.5) is 14.5 Å². The molecule has 10 heteroatoms. The zero-order chi connectivity index (χ0) is 27.9. The van der Waals surface area contributed by atoms with Gasteiger partial charge in [-0.15, -0.1) is 0 Å². The fraction of sp³-hybridized carbons (Fsp3) is 0.286. The van der Waals surface area contributed by atoms with Crippen LogP contribution in [0.15, 0.2) is 78.9 Å². The number of carbonyl (C=O) groups is 2. The molecule has 0 aliphatic heterocycles. The van der Waals surface area contributed by atoms with Gasteiger partial charge < -0.3 is 10.2 Å².